The van der Waals surface area contributed by atoms with E-state index >= 15 is 0 Å². The van der Waals surface area contributed by atoms with Crippen molar-refractivity contribution in [2.24, 2.45) is 0 Å². The predicted octanol–water partition coefficient (Wildman–Crippen LogP) is 3.07. The van der Waals surface area contributed by atoms with Crippen LogP contribution in [-0.4, -0.2) is 10.3 Å². The van der Waals surface area contributed by atoms with E-state index in [1.54, 1.807) is 12.1 Å². The SMILES string of the molecule is CC.OC1c2ccc(Cl)cc2CCc2ccc[n+](O)c21. The van der Waals surface area contributed by atoms with E-state index in [2.05, 4.69) is 0 Å². The van der Waals surface area contributed by atoms with Gasteiger partial charge in [-0.15, -0.1) is 0 Å². The second kappa shape index (κ2) is 6.25. The van der Waals surface area contributed by atoms with Crippen molar-refractivity contribution in [3.05, 3.63) is 63.9 Å². The van der Waals surface area contributed by atoms with Gasteiger partial charge in [-0.3, -0.25) is 5.21 Å². The zero-order valence-electron chi connectivity index (χ0n) is 11.7. The molecule has 0 spiro atoms. The summed E-state index contributed by atoms with van der Waals surface area (Å²) >= 11 is 5.98. The molecule has 2 aromatic rings. The number of hydrogen-bond acceptors (Lipinski definition) is 2. The van der Waals surface area contributed by atoms with Gasteiger partial charge in [0.1, 0.15) is 0 Å². The standard InChI is InChI=1S/C14H13ClNO2.C2H6/c15-11-5-6-12-10(8-11)4-3-9-2-1-7-16(18)13(9)14(12)17;1-2/h1-2,5-8,14,17-18H,3-4H2;1-2H3/q+1;. The van der Waals surface area contributed by atoms with Gasteiger partial charge in [-0.1, -0.05) is 31.5 Å². The minimum absolute atomic E-state index is 0.540. The van der Waals surface area contributed by atoms with E-state index in [0.29, 0.717) is 10.7 Å². The fraction of sp³-hybridized carbons (Fsp3) is 0.312. The summed E-state index contributed by atoms with van der Waals surface area (Å²) in [5.74, 6) is 0. The molecule has 1 unspecified atom stereocenters. The quantitative estimate of drug-likeness (QED) is 0.579. The number of fused-ring (bicyclic) bond motifs is 2. The van der Waals surface area contributed by atoms with Crippen LogP contribution < -0.4 is 4.73 Å². The van der Waals surface area contributed by atoms with Crippen LogP contribution in [0.25, 0.3) is 0 Å². The molecule has 106 valence electrons. The number of aryl methyl sites for hydroxylation is 2. The number of benzene rings is 1. The summed E-state index contributed by atoms with van der Waals surface area (Å²) in [6, 6.07) is 9.17. The van der Waals surface area contributed by atoms with Gasteiger partial charge >= 0.3 is 0 Å². The van der Waals surface area contributed by atoms with Gasteiger partial charge in [0.2, 0.25) is 6.20 Å². The number of aliphatic hydroxyl groups is 1. The van der Waals surface area contributed by atoms with Crippen molar-refractivity contribution < 1.29 is 15.0 Å². The van der Waals surface area contributed by atoms with Crippen LogP contribution in [-0.2, 0) is 12.8 Å². The number of pyridine rings is 1. The van der Waals surface area contributed by atoms with Crippen LogP contribution in [0, 0.1) is 0 Å². The van der Waals surface area contributed by atoms with Crippen LogP contribution in [0.2, 0.25) is 5.02 Å². The summed E-state index contributed by atoms with van der Waals surface area (Å²) in [5.41, 5.74) is 3.34. The number of rotatable bonds is 0. The first-order valence-electron chi connectivity index (χ1n) is 6.86. The largest absolute Gasteiger partial charge is 0.377 e. The molecule has 1 aromatic carbocycles. The molecular weight excluding hydrogens is 274 g/mol. The number of nitrogens with zero attached hydrogens (tertiary/aromatic N) is 1. The third kappa shape index (κ3) is 2.65. The lowest BCUT2D eigenvalue weighted by molar-refractivity contribution is -0.911. The normalized spacial score (nSPS) is 16.3. The Balaban J connectivity index is 0.000000704. The Kier molecular flexibility index (Phi) is 4.63. The number of halogens is 1. The van der Waals surface area contributed by atoms with Crippen LogP contribution >= 0.6 is 11.6 Å². The summed E-state index contributed by atoms with van der Waals surface area (Å²) in [5, 5.41) is 21.0. The molecule has 1 heterocycles. The molecule has 20 heavy (non-hydrogen) atoms. The lowest BCUT2D eigenvalue weighted by Crippen LogP contribution is -2.37. The second-order valence-corrected chi connectivity index (χ2v) is 4.95. The molecule has 3 nitrogen and oxygen atoms in total. The van der Waals surface area contributed by atoms with Crippen molar-refractivity contribution in [2.75, 3.05) is 0 Å². The maximum Gasteiger partial charge on any atom is 0.270 e. The summed E-state index contributed by atoms with van der Waals surface area (Å²) in [7, 11) is 0. The molecule has 0 fully saturated rings. The summed E-state index contributed by atoms with van der Waals surface area (Å²) in [6.07, 6.45) is 2.30. The highest BCUT2D eigenvalue weighted by Crippen LogP contribution is 2.31. The van der Waals surface area contributed by atoms with Crippen molar-refractivity contribution in [3.8, 4) is 0 Å². The molecule has 1 atom stereocenters. The Hall–Kier alpha value is -1.58. The molecule has 0 amide bonds. The molecule has 0 saturated carbocycles. The molecule has 1 aliphatic rings. The van der Waals surface area contributed by atoms with Gasteiger partial charge in [0.25, 0.3) is 5.69 Å². The van der Waals surface area contributed by atoms with E-state index in [9.17, 15) is 10.3 Å². The highest BCUT2D eigenvalue weighted by Gasteiger charge is 2.30. The third-order valence-corrected chi connectivity index (χ3v) is 3.66. The zero-order chi connectivity index (χ0) is 14.7. The predicted molar refractivity (Wildman–Crippen MR) is 78.1 cm³/mol. The highest BCUT2D eigenvalue weighted by atomic mass is 35.5. The first-order chi connectivity index (χ1) is 9.66. The zero-order valence-corrected chi connectivity index (χ0v) is 12.4. The average molecular weight is 293 g/mol. The van der Waals surface area contributed by atoms with E-state index in [1.165, 1.54) is 6.20 Å². The lowest BCUT2D eigenvalue weighted by atomic mass is 10.0. The van der Waals surface area contributed by atoms with Gasteiger partial charge < -0.3 is 5.11 Å². The summed E-state index contributed by atoms with van der Waals surface area (Å²) in [6.45, 7) is 4.00. The number of aromatic nitrogens is 1. The third-order valence-electron chi connectivity index (χ3n) is 3.42. The van der Waals surface area contributed by atoms with Crippen LogP contribution in [0.1, 0.15) is 42.3 Å². The Bertz CT molecular complexity index is 613. The molecule has 2 N–H and O–H groups in total. The van der Waals surface area contributed by atoms with Crippen LogP contribution in [0.4, 0.5) is 0 Å². The molecule has 0 saturated heterocycles. The monoisotopic (exact) mass is 292 g/mol. The topological polar surface area (TPSA) is 44.3 Å². The molecule has 1 aliphatic carbocycles. The smallest absolute Gasteiger partial charge is 0.270 e. The molecule has 0 radical (unpaired) electrons. The van der Waals surface area contributed by atoms with Crippen LogP contribution in [0.3, 0.4) is 0 Å². The minimum atomic E-state index is -0.819. The van der Waals surface area contributed by atoms with E-state index in [0.717, 1.165) is 34.3 Å². The van der Waals surface area contributed by atoms with E-state index in [4.69, 9.17) is 11.6 Å². The molecule has 4 heteroatoms. The summed E-state index contributed by atoms with van der Waals surface area (Å²) in [4.78, 5) is 0. The maximum absolute atomic E-state index is 10.4. The van der Waals surface area contributed by atoms with Crippen molar-refractivity contribution in [1.29, 1.82) is 0 Å². The molecule has 1 aromatic heterocycles. The minimum Gasteiger partial charge on any atom is -0.377 e. The van der Waals surface area contributed by atoms with E-state index in [1.807, 2.05) is 32.0 Å². The van der Waals surface area contributed by atoms with Crippen LogP contribution in [0.15, 0.2) is 36.5 Å². The Morgan fingerprint density at radius 1 is 1.15 bits per heavy atom. The molecule has 3 rings (SSSR count). The summed E-state index contributed by atoms with van der Waals surface area (Å²) < 4.78 is 1.00. The Morgan fingerprint density at radius 3 is 2.60 bits per heavy atom. The van der Waals surface area contributed by atoms with E-state index < -0.39 is 6.10 Å². The van der Waals surface area contributed by atoms with Crippen molar-refractivity contribution >= 4 is 11.6 Å². The van der Waals surface area contributed by atoms with Gasteiger partial charge in [-0.2, -0.15) is 0 Å². The fourth-order valence-electron chi connectivity index (χ4n) is 2.54. The number of aliphatic hydroxyl groups excluding tert-OH is 1. The average Bonchev–Trinajstić information content (AvgIpc) is 2.59. The fourth-order valence-corrected chi connectivity index (χ4v) is 2.73. The maximum atomic E-state index is 10.4. The van der Waals surface area contributed by atoms with E-state index in [-0.39, 0.29) is 0 Å². The van der Waals surface area contributed by atoms with Crippen molar-refractivity contribution in [1.82, 2.24) is 0 Å². The van der Waals surface area contributed by atoms with Gasteiger partial charge in [0.05, 0.1) is 0 Å². The highest BCUT2D eigenvalue weighted by molar-refractivity contribution is 6.30. The molecule has 0 bridgehead atoms. The first-order valence-corrected chi connectivity index (χ1v) is 7.23. The van der Waals surface area contributed by atoms with Gasteiger partial charge in [-0.25, -0.2) is 0 Å². The Labute approximate surface area is 124 Å². The molecular formula is C16H19ClNO2+. The van der Waals surface area contributed by atoms with Gasteiger partial charge in [0, 0.05) is 21.4 Å². The first kappa shape index (κ1) is 14.8. The van der Waals surface area contributed by atoms with Crippen LogP contribution in [0.5, 0.6) is 0 Å². The van der Waals surface area contributed by atoms with Gasteiger partial charge in [0.15, 0.2) is 6.10 Å². The Morgan fingerprint density at radius 2 is 1.85 bits per heavy atom. The molecule has 0 aliphatic heterocycles. The van der Waals surface area contributed by atoms with Crippen molar-refractivity contribution in [2.45, 2.75) is 32.8 Å². The number of hydrogen-bond donors (Lipinski definition) is 2. The van der Waals surface area contributed by atoms with Gasteiger partial charge in [-0.05, 0) is 42.2 Å². The van der Waals surface area contributed by atoms with Crippen molar-refractivity contribution in [3.63, 3.8) is 0 Å². The second-order valence-electron chi connectivity index (χ2n) is 4.51. The lowest BCUT2D eigenvalue weighted by Gasteiger charge is -2.10.